The van der Waals surface area contributed by atoms with Gasteiger partial charge in [-0.25, -0.2) is 14.5 Å². The summed E-state index contributed by atoms with van der Waals surface area (Å²) in [4.78, 5) is 31.0. The highest BCUT2D eigenvalue weighted by Gasteiger charge is 2.32. The van der Waals surface area contributed by atoms with E-state index in [1.54, 1.807) is 24.7 Å². The second-order valence-corrected chi connectivity index (χ2v) is 11.0. The van der Waals surface area contributed by atoms with Crippen molar-refractivity contribution in [1.29, 1.82) is 0 Å². The Balaban J connectivity index is 1.52. The third kappa shape index (κ3) is 3.98. The van der Waals surface area contributed by atoms with Crippen molar-refractivity contribution >= 4 is 38.4 Å². The smallest absolute Gasteiger partial charge is 0.233 e. The topological polar surface area (TPSA) is 94.5 Å². The number of fused-ring (bicyclic) bond motifs is 2. The van der Waals surface area contributed by atoms with Crippen LogP contribution in [0.15, 0.2) is 12.5 Å². The number of carbonyl (C=O) groups excluding carboxylic acids is 1. The Kier molecular flexibility index (Phi) is 6.04. The van der Waals surface area contributed by atoms with Crippen LogP contribution in [0.3, 0.4) is 0 Å². The van der Waals surface area contributed by atoms with Gasteiger partial charge in [-0.15, -0.1) is 0 Å². The van der Waals surface area contributed by atoms with E-state index in [9.17, 15) is 4.79 Å². The van der Waals surface area contributed by atoms with Crippen molar-refractivity contribution in [2.75, 3.05) is 31.6 Å². The average molecular weight is 495 g/mol. The summed E-state index contributed by atoms with van der Waals surface area (Å²) in [5.41, 5.74) is 7.79. The van der Waals surface area contributed by atoms with Gasteiger partial charge < -0.3 is 15.2 Å². The molecule has 0 unspecified atom stereocenters. The molecule has 2 atom stereocenters. The number of rotatable bonds is 5. The highest BCUT2D eigenvalue weighted by atomic mass is 32.1. The first-order chi connectivity index (χ1) is 16.7. The summed E-state index contributed by atoms with van der Waals surface area (Å²) in [6.45, 7) is 15.2. The number of hydrogen-bond donors (Lipinski definition) is 2. The number of amides is 1. The van der Waals surface area contributed by atoms with E-state index in [1.165, 1.54) is 11.1 Å². The first-order valence-corrected chi connectivity index (χ1v) is 13.0. The standard InChI is InChI=1S/C25H34N8OS/c1-13(2)20-21(18-10-33-23(27-12-28-33)17(6)16(18)5)29-24-22(20)30-25(35-24)32-9-14(3)31(8-15(32)4)11-19(34)26-7/h10,12-15,29H,8-9,11H2,1-7H3,(H,26,34)/t14-,15+/m1/s1. The summed E-state index contributed by atoms with van der Waals surface area (Å²) in [6, 6.07) is 0.540. The van der Waals surface area contributed by atoms with Gasteiger partial charge in [-0.05, 0) is 44.7 Å². The molecule has 186 valence electrons. The number of pyridine rings is 1. The van der Waals surface area contributed by atoms with Gasteiger partial charge >= 0.3 is 0 Å². The third-order valence-electron chi connectivity index (χ3n) is 7.34. The highest BCUT2D eigenvalue weighted by molar-refractivity contribution is 7.21. The van der Waals surface area contributed by atoms with E-state index in [1.807, 2.05) is 4.52 Å². The number of hydrogen-bond acceptors (Lipinski definition) is 7. The minimum atomic E-state index is 0.0591. The number of aryl methyl sites for hydroxylation is 1. The first kappa shape index (κ1) is 23.7. The van der Waals surface area contributed by atoms with Crippen LogP contribution in [0, 0.1) is 13.8 Å². The zero-order valence-corrected chi connectivity index (χ0v) is 22.3. The molecule has 0 aromatic carbocycles. The van der Waals surface area contributed by atoms with E-state index in [0.29, 0.717) is 12.5 Å². The maximum absolute atomic E-state index is 11.9. The maximum atomic E-state index is 11.9. The number of likely N-dealkylation sites (N-methyl/N-ethyl adjacent to an activating group) is 1. The molecule has 5 heterocycles. The predicted molar refractivity (Wildman–Crippen MR) is 141 cm³/mol. The largest absolute Gasteiger partial charge is 0.358 e. The Hall–Kier alpha value is -2.98. The lowest BCUT2D eigenvalue weighted by Gasteiger charge is -2.43. The summed E-state index contributed by atoms with van der Waals surface area (Å²) in [5.74, 6) is 0.365. The number of carbonyl (C=O) groups is 1. The van der Waals surface area contributed by atoms with Crippen LogP contribution in [0.25, 0.3) is 27.3 Å². The molecule has 5 rings (SSSR count). The number of nitrogens with one attached hydrogen (secondary N) is 2. The van der Waals surface area contributed by atoms with Crippen LogP contribution < -0.4 is 10.2 Å². The van der Waals surface area contributed by atoms with Crippen molar-refractivity contribution < 1.29 is 4.79 Å². The van der Waals surface area contributed by atoms with E-state index in [4.69, 9.17) is 4.98 Å². The molecule has 35 heavy (non-hydrogen) atoms. The van der Waals surface area contributed by atoms with Gasteiger partial charge in [0.25, 0.3) is 0 Å². The third-order valence-corrected chi connectivity index (χ3v) is 8.35. The number of aromatic amines is 1. The van der Waals surface area contributed by atoms with E-state index in [0.717, 1.165) is 51.0 Å². The van der Waals surface area contributed by atoms with Crippen LogP contribution in [-0.4, -0.2) is 74.1 Å². The number of aromatic nitrogens is 5. The van der Waals surface area contributed by atoms with E-state index in [-0.39, 0.29) is 18.0 Å². The summed E-state index contributed by atoms with van der Waals surface area (Å²) in [5, 5.41) is 8.16. The number of anilines is 1. The lowest BCUT2D eigenvalue weighted by atomic mass is 9.96. The number of H-pyrrole nitrogens is 1. The fraction of sp³-hybridized carbons (Fsp3) is 0.520. The van der Waals surface area contributed by atoms with Gasteiger partial charge in [0, 0.05) is 49.5 Å². The lowest BCUT2D eigenvalue weighted by Crippen LogP contribution is -2.58. The Bertz CT molecular complexity index is 1400. The monoisotopic (exact) mass is 494 g/mol. The Labute approximate surface area is 209 Å². The summed E-state index contributed by atoms with van der Waals surface area (Å²) < 4.78 is 1.86. The van der Waals surface area contributed by atoms with Crippen LogP contribution in [0.2, 0.25) is 0 Å². The summed E-state index contributed by atoms with van der Waals surface area (Å²) >= 11 is 1.72. The molecule has 0 bridgehead atoms. The molecule has 2 N–H and O–H groups in total. The molecule has 1 aliphatic heterocycles. The lowest BCUT2D eigenvalue weighted by molar-refractivity contribution is -0.122. The summed E-state index contributed by atoms with van der Waals surface area (Å²) in [7, 11) is 1.69. The molecular weight excluding hydrogens is 460 g/mol. The SMILES string of the molecule is CNC(=O)CN1C[C@H](C)N(c2nc3c(C(C)C)c(-c4cn5ncnc5c(C)c4C)[nH]c3s2)C[C@H]1C. The molecule has 1 saturated heterocycles. The minimum absolute atomic E-state index is 0.0591. The molecule has 10 heteroatoms. The van der Waals surface area contributed by atoms with Crippen LogP contribution >= 0.6 is 11.3 Å². The van der Waals surface area contributed by atoms with Gasteiger partial charge in [0.2, 0.25) is 5.91 Å². The van der Waals surface area contributed by atoms with Gasteiger partial charge in [0.1, 0.15) is 16.7 Å². The average Bonchev–Trinajstić information content (AvgIpc) is 3.52. The van der Waals surface area contributed by atoms with Gasteiger partial charge in [-0.2, -0.15) is 5.10 Å². The highest BCUT2D eigenvalue weighted by Crippen LogP contribution is 2.41. The number of piperazine rings is 1. The maximum Gasteiger partial charge on any atom is 0.233 e. The van der Waals surface area contributed by atoms with Crippen molar-refractivity contribution in [3.63, 3.8) is 0 Å². The zero-order valence-electron chi connectivity index (χ0n) is 21.5. The quantitative estimate of drug-likeness (QED) is 0.439. The Morgan fingerprint density at radius 3 is 2.71 bits per heavy atom. The Morgan fingerprint density at radius 1 is 1.23 bits per heavy atom. The van der Waals surface area contributed by atoms with Crippen LogP contribution in [0.1, 0.15) is 50.3 Å². The fourth-order valence-corrected chi connectivity index (χ4v) is 6.27. The van der Waals surface area contributed by atoms with Crippen molar-refractivity contribution in [2.45, 2.75) is 59.5 Å². The second-order valence-electron chi connectivity index (χ2n) is 10.0. The molecule has 0 spiro atoms. The second kappa shape index (κ2) is 8.91. The minimum Gasteiger partial charge on any atom is -0.358 e. The molecule has 0 saturated carbocycles. The molecule has 0 aliphatic carbocycles. The van der Waals surface area contributed by atoms with E-state index >= 15 is 0 Å². The first-order valence-electron chi connectivity index (χ1n) is 12.2. The van der Waals surface area contributed by atoms with Crippen molar-refractivity contribution in [2.24, 2.45) is 0 Å². The Morgan fingerprint density at radius 2 is 2.00 bits per heavy atom. The summed E-state index contributed by atoms with van der Waals surface area (Å²) in [6.07, 6.45) is 3.68. The number of thiazole rings is 1. The van der Waals surface area contributed by atoms with Gasteiger partial charge in [-0.3, -0.25) is 9.69 Å². The normalized spacial score (nSPS) is 19.4. The molecular formula is C25H34N8OS. The fourth-order valence-electron chi connectivity index (χ4n) is 5.18. The molecule has 1 aliphatic rings. The molecule has 1 amide bonds. The van der Waals surface area contributed by atoms with Crippen molar-refractivity contribution in [3.8, 4) is 11.3 Å². The predicted octanol–water partition coefficient (Wildman–Crippen LogP) is 3.72. The van der Waals surface area contributed by atoms with Crippen molar-refractivity contribution in [3.05, 3.63) is 29.2 Å². The molecule has 4 aromatic rings. The van der Waals surface area contributed by atoms with Gasteiger partial charge in [0.05, 0.1) is 12.2 Å². The zero-order chi connectivity index (χ0) is 25.0. The molecule has 0 radical (unpaired) electrons. The molecule has 4 aromatic heterocycles. The van der Waals surface area contributed by atoms with E-state index in [2.05, 4.69) is 77.9 Å². The van der Waals surface area contributed by atoms with Gasteiger partial charge in [-0.1, -0.05) is 25.2 Å². The van der Waals surface area contributed by atoms with Crippen molar-refractivity contribution in [1.82, 2.24) is 34.8 Å². The van der Waals surface area contributed by atoms with Crippen LogP contribution in [0.5, 0.6) is 0 Å². The number of nitrogens with zero attached hydrogens (tertiary/aromatic N) is 6. The molecule has 9 nitrogen and oxygen atoms in total. The van der Waals surface area contributed by atoms with Gasteiger partial charge in [0.15, 0.2) is 10.8 Å². The molecule has 1 fully saturated rings. The van der Waals surface area contributed by atoms with Crippen LogP contribution in [0.4, 0.5) is 5.13 Å². The van der Waals surface area contributed by atoms with E-state index < -0.39 is 0 Å². The van der Waals surface area contributed by atoms with Crippen LogP contribution in [-0.2, 0) is 4.79 Å².